The Morgan fingerprint density at radius 2 is 1.95 bits per heavy atom. The Balaban J connectivity index is 2.19. The van der Waals surface area contributed by atoms with Crippen molar-refractivity contribution in [2.45, 2.75) is 70.4 Å². The third-order valence-electron chi connectivity index (χ3n) is 3.59. The van der Waals surface area contributed by atoms with Gasteiger partial charge in [0.2, 0.25) is 0 Å². The molecule has 0 spiro atoms. The molecule has 0 aromatic rings. The van der Waals surface area contributed by atoms with Crippen LogP contribution in [0.2, 0.25) is 0 Å². The van der Waals surface area contributed by atoms with E-state index in [1.165, 1.54) is 26.4 Å². The van der Waals surface area contributed by atoms with Gasteiger partial charge in [-0.3, -0.25) is 10.1 Å². The smallest absolute Gasteiger partial charge is 0.325 e. The summed E-state index contributed by atoms with van der Waals surface area (Å²) < 4.78 is 10.5. The summed E-state index contributed by atoms with van der Waals surface area (Å²) in [5.41, 5.74) is -0.528. The second-order valence-electron chi connectivity index (χ2n) is 5.67. The Hall–Kier alpha value is -0.610. The van der Waals surface area contributed by atoms with Crippen LogP contribution in [0.3, 0.4) is 0 Å². The third kappa shape index (κ3) is 6.39. The normalized spacial score (nSPS) is 18.1. The van der Waals surface area contributed by atoms with Gasteiger partial charge < -0.3 is 9.47 Å². The largest absolute Gasteiger partial charge is 0.468 e. The summed E-state index contributed by atoms with van der Waals surface area (Å²) in [6, 6.07) is 0.505. The molecule has 0 heterocycles. The summed E-state index contributed by atoms with van der Waals surface area (Å²) in [7, 11) is 1.46. The van der Waals surface area contributed by atoms with Gasteiger partial charge in [-0.2, -0.15) is 0 Å². The van der Waals surface area contributed by atoms with Crippen LogP contribution in [0.15, 0.2) is 0 Å². The molecule has 1 atom stereocenters. The quantitative estimate of drug-likeness (QED) is 0.463. The molecule has 1 saturated carbocycles. The number of nitrogens with one attached hydrogen (secondary N) is 1. The maximum Gasteiger partial charge on any atom is 0.325 e. The molecule has 0 aromatic heterocycles. The summed E-state index contributed by atoms with van der Waals surface area (Å²) in [4.78, 5) is 11.9. The van der Waals surface area contributed by atoms with Crippen LogP contribution in [0.5, 0.6) is 0 Å². The van der Waals surface area contributed by atoms with Crippen molar-refractivity contribution in [3.63, 3.8) is 0 Å². The van der Waals surface area contributed by atoms with Crippen LogP contribution in [-0.2, 0) is 14.3 Å². The molecule has 0 aromatic carbocycles. The van der Waals surface area contributed by atoms with E-state index in [0.717, 1.165) is 38.9 Å². The summed E-state index contributed by atoms with van der Waals surface area (Å²) in [5.74, 6) is -0.147. The first-order valence-electron chi connectivity index (χ1n) is 7.56. The van der Waals surface area contributed by atoms with Crippen LogP contribution in [0.25, 0.3) is 0 Å². The summed E-state index contributed by atoms with van der Waals surface area (Å²) in [6.45, 7) is 5.76. The number of hydrogen-bond donors (Lipinski definition) is 1. The Labute approximate surface area is 117 Å². The average Bonchev–Trinajstić information content (AvgIpc) is 3.20. The lowest BCUT2D eigenvalue weighted by Gasteiger charge is -2.28. The van der Waals surface area contributed by atoms with Gasteiger partial charge in [0.05, 0.1) is 7.11 Å². The van der Waals surface area contributed by atoms with Gasteiger partial charge in [0.25, 0.3) is 0 Å². The van der Waals surface area contributed by atoms with Crippen LogP contribution in [-0.4, -0.2) is 37.9 Å². The molecule has 1 rings (SSSR count). The van der Waals surface area contributed by atoms with Gasteiger partial charge in [0.1, 0.15) is 5.54 Å². The molecular weight excluding hydrogens is 242 g/mol. The maximum absolute atomic E-state index is 11.9. The standard InChI is InChI=1S/C15H29NO3/c1-4-5-11-19-12-7-6-10-15(2,14(17)18-3)16-13-8-9-13/h13,16H,4-12H2,1-3H3. The zero-order valence-electron chi connectivity index (χ0n) is 12.7. The number of methoxy groups -OCH3 is 1. The summed E-state index contributed by atoms with van der Waals surface area (Å²) >= 11 is 0. The second kappa shape index (κ2) is 8.54. The van der Waals surface area contributed by atoms with E-state index in [9.17, 15) is 4.79 Å². The van der Waals surface area contributed by atoms with E-state index in [1.807, 2.05) is 6.92 Å². The van der Waals surface area contributed by atoms with Gasteiger partial charge in [-0.05, 0) is 45.4 Å². The van der Waals surface area contributed by atoms with E-state index in [-0.39, 0.29) is 5.97 Å². The molecule has 4 nitrogen and oxygen atoms in total. The molecule has 0 amide bonds. The fourth-order valence-corrected chi connectivity index (χ4v) is 2.17. The fourth-order valence-electron chi connectivity index (χ4n) is 2.17. The van der Waals surface area contributed by atoms with Gasteiger partial charge in [0.15, 0.2) is 0 Å². The number of esters is 1. The zero-order valence-corrected chi connectivity index (χ0v) is 12.7. The van der Waals surface area contributed by atoms with E-state index in [4.69, 9.17) is 9.47 Å². The molecule has 112 valence electrons. The first-order chi connectivity index (χ1) is 9.12. The number of hydrogen-bond acceptors (Lipinski definition) is 4. The highest BCUT2D eigenvalue weighted by Crippen LogP contribution is 2.26. The van der Waals surface area contributed by atoms with Gasteiger partial charge in [-0.25, -0.2) is 0 Å². The third-order valence-corrected chi connectivity index (χ3v) is 3.59. The Morgan fingerprint density at radius 1 is 1.26 bits per heavy atom. The molecule has 0 aliphatic heterocycles. The lowest BCUT2D eigenvalue weighted by Crippen LogP contribution is -2.51. The molecule has 1 aliphatic rings. The van der Waals surface area contributed by atoms with E-state index in [1.54, 1.807) is 0 Å². The van der Waals surface area contributed by atoms with Crippen molar-refractivity contribution >= 4 is 5.97 Å². The highest BCUT2D eigenvalue weighted by Gasteiger charge is 2.38. The molecule has 19 heavy (non-hydrogen) atoms. The second-order valence-corrected chi connectivity index (χ2v) is 5.67. The van der Waals surface area contributed by atoms with Crippen molar-refractivity contribution < 1.29 is 14.3 Å². The Kier molecular flexibility index (Phi) is 7.39. The first-order valence-corrected chi connectivity index (χ1v) is 7.56. The minimum absolute atomic E-state index is 0.147. The Morgan fingerprint density at radius 3 is 2.53 bits per heavy atom. The molecule has 4 heteroatoms. The van der Waals surface area contributed by atoms with Gasteiger partial charge in [-0.1, -0.05) is 13.3 Å². The van der Waals surface area contributed by atoms with Crippen molar-refractivity contribution in [2.24, 2.45) is 0 Å². The van der Waals surface area contributed by atoms with Crippen molar-refractivity contribution in [2.75, 3.05) is 20.3 Å². The molecule has 1 aliphatic carbocycles. The number of carbonyl (C=O) groups excluding carboxylic acids is 1. The topological polar surface area (TPSA) is 47.6 Å². The zero-order chi connectivity index (χ0) is 14.1. The number of unbranched alkanes of at least 4 members (excludes halogenated alkanes) is 2. The van der Waals surface area contributed by atoms with Gasteiger partial charge in [0, 0.05) is 19.3 Å². The van der Waals surface area contributed by atoms with Crippen LogP contribution < -0.4 is 5.32 Å². The van der Waals surface area contributed by atoms with E-state index >= 15 is 0 Å². The van der Waals surface area contributed by atoms with Crippen LogP contribution in [0.1, 0.15) is 58.8 Å². The predicted octanol–water partition coefficient (Wildman–Crippen LogP) is 2.66. The van der Waals surface area contributed by atoms with Crippen LogP contribution in [0.4, 0.5) is 0 Å². The molecule has 1 fully saturated rings. The highest BCUT2D eigenvalue weighted by atomic mass is 16.5. The lowest BCUT2D eigenvalue weighted by molar-refractivity contribution is -0.148. The van der Waals surface area contributed by atoms with Crippen LogP contribution in [0, 0.1) is 0 Å². The minimum Gasteiger partial charge on any atom is -0.468 e. The molecule has 0 saturated heterocycles. The van der Waals surface area contributed by atoms with Crippen molar-refractivity contribution in [3.05, 3.63) is 0 Å². The van der Waals surface area contributed by atoms with Crippen LogP contribution >= 0.6 is 0 Å². The molecule has 1 unspecified atom stereocenters. The SMILES string of the molecule is CCCCOCCCCC(C)(NC1CC1)C(=O)OC. The predicted molar refractivity (Wildman–Crippen MR) is 76.2 cm³/mol. The maximum atomic E-state index is 11.9. The molecule has 1 N–H and O–H groups in total. The molecular formula is C15H29NO3. The van der Waals surface area contributed by atoms with Gasteiger partial charge in [-0.15, -0.1) is 0 Å². The minimum atomic E-state index is -0.528. The highest BCUT2D eigenvalue weighted by molar-refractivity contribution is 5.80. The van der Waals surface area contributed by atoms with E-state index < -0.39 is 5.54 Å². The fraction of sp³-hybridized carbons (Fsp3) is 0.933. The van der Waals surface area contributed by atoms with E-state index in [0.29, 0.717) is 6.04 Å². The summed E-state index contributed by atoms with van der Waals surface area (Å²) in [5, 5.41) is 3.41. The lowest BCUT2D eigenvalue weighted by atomic mass is 9.94. The number of carbonyl (C=O) groups is 1. The van der Waals surface area contributed by atoms with Crippen molar-refractivity contribution in [1.82, 2.24) is 5.32 Å². The average molecular weight is 271 g/mol. The molecule has 0 radical (unpaired) electrons. The van der Waals surface area contributed by atoms with Crippen molar-refractivity contribution in [3.8, 4) is 0 Å². The number of ether oxygens (including phenoxy) is 2. The number of rotatable bonds is 11. The molecule has 0 bridgehead atoms. The van der Waals surface area contributed by atoms with Gasteiger partial charge >= 0.3 is 5.97 Å². The van der Waals surface area contributed by atoms with E-state index in [2.05, 4.69) is 12.2 Å². The Bertz CT molecular complexity index is 266. The monoisotopic (exact) mass is 271 g/mol. The van der Waals surface area contributed by atoms with Crippen molar-refractivity contribution in [1.29, 1.82) is 0 Å². The first kappa shape index (κ1) is 16.4. The summed E-state index contributed by atoms with van der Waals surface area (Å²) in [6.07, 6.45) is 7.45.